The van der Waals surface area contributed by atoms with Crippen molar-refractivity contribution in [1.82, 2.24) is 0 Å². The van der Waals surface area contributed by atoms with Crippen LogP contribution in [0.4, 0.5) is 0 Å². The van der Waals surface area contributed by atoms with Gasteiger partial charge in [0.15, 0.2) is 0 Å². The first-order valence-electron chi connectivity index (χ1n) is 9.54. The second-order valence-corrected chi connectivity index (χ2v) is 6.90. The highest BCUT2D eigenvalue weighted by Crippen LogP contribution is 2.36. The summed E-state index contributed by atoms with van der Waals surface area (Å²) in [4.78, 5) is 12.8. The van der Waals surface area contributed by atoms with Gasteiger partial charge in [-0.05, 0) is 88.9 Å². The average Bonchev–Trinajstić information content (AvgIpc) is 2.59. The van der Waals surface area contributed by atoms with Gasteiger partial charge in [0.1, 0.15) is 0 Å². The van der Waals surface area contributed by atoms with E-state index < -0.39 is 0 Å². The lowest BCUT2D eigenvalue weighted by atomic mass is 9.82. The van der Waals surface area contributed by atoms with Gasteiger partial charge in [-0.2, -0.15) is 0 Å². The summed E-state index contributed by atoms with van der Waals surface area (Å²) in [5.74, 6) is -0.216. The summed E-state index contributed by atoms with van der Waals surface area (Å²) >= 11 is 0. The van der Waals surface area contributed by atoms with Crippen LogP contribution in [-0.4, -0.2) is 25.3 Å². The Kier molecular flexibility index (Phi) is 7.77. The number of ether oxygens (including phenoxy) is 2. The van der Waals surface area contributed by atoms with Crippen LogP contribution in [0.5, 0.6) is 0 Å². The number of hydrogen-bond donors (Lipinski definition) is 0. The lowest BCUT2D eigenvalue weighted by Gasteiger charge is -2.25. The number of rotatable bonds is 7. The monoisotopic (exact) mass is 332 g/mol. The molecular weight excluding hydrogens is 300 g/mol. The van der Waals surface area contributed by atoms with Gasteiger partial charge in [-0.1, -0.05) is 12.2 Å². The van der Waals surface area contributed by atoms with Crippen LogP contribution in [-0.2, 0) is 14.3 Å². The Bertz CT molecular complexity index is 495. The summed E-state index contributed by atoms with van der Waals surface area (Å²) in [5, 5.41) is 0. The van der Waals surface area contributed by atoms with Crippen LogP contribution in [0.15, 0.2) is 34.4 Å². The van der Waals surface area contributed by atoms with Crippen molar-refractivity contribution in [3.63, 3.8) is 0 Å². The molecule has 3 nitrogen and oxygen atoms in total. The highest BCUT2D eigenvalue weighted by Gasteiger charge is 2.24. The Morgan fingerprint density at radius 1 is 1.04 bits per heavy atom. The minimum atomic E-state index is -0.216. The first-order chi connectivity index (χ1) is 11.6. The Morgan fingerprint density at radius 2 is 1.62 bits per heavy atom. The minimum absolute atomic E-state index is 0.115. The molecule has 0 unspecified atom stereocenters. The van der Waals surface area contributed by atoms with E-state index >= 15 is 0 Å². The smallest absolute Gasteiger partial charge is 0.337 e. The van der Waals surface area contributed by atoms with Gasteiger partial charge in [-0.3, -0.25) is 0 Å². The van der Waals surface area contributed by atoms with E-state index in [2.05, 4.69) is 12.2 Å². The second-order valence-electron chi connectivity index (χ2n) is 6.90. The molecule has 3 heteroatoms. The molecule has 0 atom stereocenters. The van der Waals surface area contributed by atoms with Crippen LogP contribution in [0.1, 0.15) is 72.1 Å². The quantitative estimate of drug-likeness (QED) is 0.470. The maximum atomic E-state index is 12.8. The number of hydrogen-bond acceptors (Lipinski definition) is 3. The fraction of sp³-hybridized carbons (Fsp3) is 0.667. The van der Waals surface area contributed by atoms with Crippen LogP contribution in [0.25, 0.3) is 0 Å². The molecule has 134 valence electrons. The van der Waals surface area contributed by atoms with E-state index in [9.17, 15) is 4.79 Å². The molecule has 0 bridgehead atoms. The van der Waals surface area contributed by atoms with Crippen LogP contribution < -0.4 is 0 Å². The van der Waals surface area contributed by atoms with E-state index in [1.165, 1.54) is 36.8 Å². The summed E-state index contributed by atoms with van der Waals surface area (Å²) in [6.07, 6.45) is 13.7. The Balaban J connectivity index is 2.46. The zero-order valence-corrected chi connectivity index (χ0v) is 15.5. The zero-order valence-electron chi connectivity index (χ0n) is 15.5. The van der Waals surface area contributed by atoms with E-state index in [0.717, 1.165) is 31.3 Å². The third-order valence-corrected chi connectivity index (χ3v) is 4.57. The Morgan fingerprint density at radius 3 is 2.04 bits per heavy atom. The summed E-state index contributed by atoms with van der Waals surface area (Å²) < 4.78 is 11.2. The van der Waals surface area contributed by atoms with Crippen molar-refractivity contribution in [2.75, 3.05) is 13.2 Å². The molecule has 0 spiro atoms. The van der Waals surface area contributed by atoms with Gasteiger partial charge in [0.2, 0.25) is 0 Å². The first-order valence-corrected chi connectivity index (χ1v) is 9.54. The van der Waals surface area contributed by atoms with Gasteiger partial charge < -0.3 is 9.47 Å². The molecule has 2 rings (SSSR count). The second kappa shape index (κ2) is 9.83. The van der Waals surface area contributed by atoms with Gasteiger partial charge >= 0.3 is 5.97 Å². The van der Waals surface area contributed by atoms with Gasteiger partial charge in [0.05, 0.1) is 18.3 Å². The number of allylic oxidation sites excluding steroid dienone is 5. The number of esters is 1. The van der Waals surface area contributed by atoms with Crippen LogP contribution in [0.3, 0.4) is 0 Å². The average molecular weight is 332 g/mol. The maximum absolute atomic E-state index is 12.8. The molecule has 0 aromatic rings. The lowest BCUT2D eigenvalue weighted by molar-refractivity contribution is -0.143. The standard InChI is InChI=1S/C21H32O3/c1-4-23-15-19(21(22)24-16(2)3)20(17-11-7-5-8-12-17)18-13-9-6-10-14-18/h11,13,16H,4-10,12,14-15H2,1-3H3. The normalized spacial score (nSPS) is 18.0. The van der Waals surface area contributed by atoms with Crippen LogP contribution >= 0.6 is 0 Å². The fourth-order valence-corrected chi connectivity index (χ4v) is 3.45. The molecule has 0 aromatic heterocycles. The number of carbonyl (C=O) groups is 1. The van der Waals surface area contributed by atoms with E-state index in [4.69, 9.17) is 9.47 Å². The van der Waals surface area contributed by atoms with E-state index in [1.54, 1.807) is 0 Å². The molecule has 0 aromatic carbocycles. The molecule has 0 fully saturated rings. The van der Waals surface area contributed by atoms with Crippen LogP contribution in [0, 0.1) is 0 Å². The molecular formula is C21H32O3. The van der Waals surface area contributed by atoms with Crippen molar-refractivity contribution >= 4 is 5.97 Å². The Labute approximate surface area is 146 Å². The summed E-state index contributed by atoms with van der Waals surface area (Å²) in [5.41, 5.74) is 4.50. The zero-order chi connectivity index (χ0) is 17.4. The molecule has 0 saturated carbocycles. The molecule has 2 aliphatic rings. The third kappa shape index (κ3) is 5.34. The molecule has 0 aliphatic heterocycles. The fourth-order valence-electron chi connectivity index (χ4n) is 3.45. The Hall–Kier alpha value is -1.35. The van der Waals surface area contributed by atoms with Gasteiger partial charge in [-0.25, -0.2) is 4.79 Å². The van der Waals surface area contributed by atoms with Crippen molar-refractivity contribution < 1.29 is 14.3 Å². The molecule has 24 heavy (non-hydrogen) atoms. The summed E-state index contributed by atoms with van der Waals surface area (Å²) in [6.45, 7) is 6.70. The SMILES string of the molecule is CCOCC(C(=O)OC(C)C)=C(C1=CCCCC1)C1=CCCCC1. The van der Waals surface area contributed by atoms with E-state index in [-0.39, 0.29) is 12.1 Å². The molecule has 0 saturated heterocycles. The highest BCUT2D eigenvalue weighted by molar-refractivity contribution is 5.92. The molecule has 0 amide bonds. The van der Waals surface area contributed by atoms with Crippen molar-refractivity contribution in [2.45, 2.75) is 78.2 Å². The first kappa shape index (κ1) is 19.0. The van der Waals surface area contributed by atoms with E-state index in [0.29, 0.717) is 18.8 Å². The minimum Gasteiger partial charge on any atom is -0.460 e. The molecule has 0 radical (unpaired) electrons. The van der Waals surface area contributed by atoms with Crippen molar-refractivity contribution in [1.29, 1.82) is 0 Å². The predicted molar refractivity (Wildman–Crippen MR) is 97.8 cm³/mol. The highest BCUT2D eigenvalue weighted by atomic mass is 16.5. The van der Waals surface area contributed by atoms with Gasteiger partial charge in [-0.15, -0.1) is 0 Å². The summed E-state index contributed by atoms with van der Waals surface area (Å²) in [7, 11) is 0. The number of carbonyl (C=O) groups excluding carboxylic acids is 1. The topological polar surface area (TPSA) is 35.5 Å². The van der Waals surface area contributed by atoms with Gasteiger partial charge in [0, 0.05) is 6.61 Å². The summed E-state index contributed by atoms with van der Waals surface area (Å²) in [6, 6.07) is 0. The molecule has 2 aliphatic carbocycles. The van der Waals surface area contributed by atoms with Gasteiger partial charge in [0.25, 0.3) is 0 Å². The van der Waals surface area contributed by atoms with Crippen molar-refractivity contribution in [2.24, 2.45) is 0 Å². The van der Waals surface area contributed by atoms with Crippen molar-refractivity contribution in [3.8, 4) is 0 Å². The molecule has 0 N–H and O–H groups in total. The molecule has 0 heterocycles. The van der Waals surface area contributed by atoms with E-state index in [1.807, 2.05) is 20.8 Å². The maximum Gasteiger partial charge on any atom is 0.337 e. The predicted octanol–water partition coefficient (Wildman–Crippen LogP) is 5.27. The third-order valence-electron chi connectivity index (χ3n) is 4.57. The van der Waals surface area contributed by atoms with Crippen molar-refractivity contribution in [3.05, 3.63) is 34.4 Å². The lowest BCUT2D eigenvalue weighted by Crippen LogP contribution is -2.20. The largest absolute Gasteiger partial charge is 0.460 e. The van der Waals surface area contributed by atoms with Crippen LogP contribution in [0.2, 0.25) is 0 Å².